The first-order chi connectivity index (χ1) is 12.5. The molecule has 0 radical (unpaired) electrons. The highest BCUT2D eigenvalue weighted by atomic mass is 16.5. The van der Waals surface area contributed by atoms with E-state index >= 15 is 0 Å². The van der Waals surface area contributed by atoms with E-state index in [1.165, 1.54) is 6.42 Å². The van der Waals surface area contributed by atoms with Gasteiger partial charge in [0.25, 0.3) is 5.91 Å². The summed E-state index contributed by atoms with van der Waals surface area (Å²) >= 11 is 0. The van der Waals surface area contributed by atoms with Crippen LogP contribution in [0.2, 0.25) is 0 Å². The highest BCUT2D eigenvalue weighted by molar-refractivity contribution is 5.82. The topological polar surface area (TPSA) is 67.9 Å². The predicted octanol–water partition coefficient (Wildman–Crippen LogP) is 2.50. The van der Waals surface area contributed by atoms with Crippen molar-refractivity contribution < 1.29 is 19.1 Å². The van der Waals surface area contributed by atoms with Gasteiger partial charge in [-0.25, -0.2) is 0 Å². The van der Waals surface area contributed by atoms with E-state index in [1.807, 2.05) is 6.92 Å². The Bertz CT molecular complexity index is 449. The maximum atomic E-state index is 12.5. The van der Waals surface area contributed by atoms with E-state index < -0.39 is 0 Å². The van der Waals surface area contributed by atoms with Crippen LogP contribution in [0.5, 0.6) is 0 Å². The lowest BCUT2D eigenvalue weighted by atomic mass is 10.0. The summed E-state index contributed by atoms with van der Waals surface area (Å²) in [6, 6.07) is 0.318. The van der Waals surface area contributed by atoms with Crippen molar-refractivity contribution in [3.05, 3.63) is 0 Å². The van der Waals surface area contributed by atoms with Gasteiger partial charge in [0.2, 0.25) is 0 Å². The van der Waals surface area contributed by atoms with Gasteiger partial charge in [-0.1, -0.05) is 26.7 Å². The van der Waals surface area contributed by atoms with Crippen LogP contribution in [-0.2, 0) is 19.1 Å². The molecule has 6 heteroatoms. The molecule has 1 amide bonds. The average Bonchev–Trinajstić information content (AvgIpc) is 3.10. The van der Waals surface area contributed by atoms with Gasteiger partial charge in [0.1, 0.15) is 6.04 Å². The van der Waals surface area contributed by atoms with Crippen LogP contribution in [0.3, 0.4) is 0 Å². The molecule has 0 saturated carbocycles. The van der Waals surface area contributed by atoms with Crippen molar-refractivity contribution in [2.24, 2.45) is 5.92 Å². The summed E-state index contributed by atoms with van der Waals surface area (Å²) < 4.78 is 10.7. The molecule has 2 heterocycles. The number of rotatable bonds is 9. The van der Waals surface area contributed by atoms with Gasteiger partial charge in [-0.3, -0.25) is 14.5 Å². The quantitative estimate of drug-likeness (QED) is 0.634. The number of hydrogen-bond donors (Lipinski definition) is 1. The fourth-order valence-corrected chi connectivity index (χ4v) is 3.95. The van der Waals surface area contributed by atoms with Crippen LogP contribution in [0.15, 0.2) is 0 Å². The van der Waals surface area contributed by atoms with E-state index in [9.17, 15) is 9.59 Å². The Kier molecular flexibility index (Phi) is 8.85. The molecule has 6 nitrogen and oxygen atoms in total. The minimum atomic E-state index is -0.253. The van der Waals surface area contributed by atoms with Crippen LogP contribution in [0.1, 0.15) is 65.7 Å². The molecule has 1 N–H and O–H groups in total. The van der Waals surface area contributed by atoms with Crippen molar-refractivity contribution in [3.63, 3.8) is 0 Å². The highest BCUT2D eigenvalue weighted by Gasteiger charge is 2.37. The standard InChI is InChI=1S/C20H36N2O4/c1-15(2)6-4-7-16(3)21-19(23)14-26-20(24)18-8-5-11-22(18)17-9-12-25-13-10-17/h15-18H,4-14H2,1-3H3,(H,21,23)/t16-,18-/m1/s1. The number of carbonyl (C=O) groups excluding carboxylic acids is 2. The Labute approximate surface area is 158 Å². The molecule has 2 atom stereocenters. The fraction of sp³-hybridized carbons (Fsp3) is 0.900. The van der Waals surface area contributed by atoms with Crippen molar-refractivity contribution in [1.29, 1.82) is 0 Å². The molecule has 2 rings (SSSR count). The maximum Gasteiger partial charge on any atom is 0.323 e. The van der Waals surface area contributed by atoms with Gasteiger partial charge in [-0.05, 0) is 51.5 Å². The highest BCUT2D eigenvalue weighted by Crippen LogP contribution is 2.26. The predicted molar refractivity (Wildman–Crippen MR) is 101 cm³/mol. The summed E-state index contributed by atoms with van der Waals surface area (Å²) in [5, 5.41) is 2.93. The molecule has 0 aliphatic carbocycles. The van der Waals surface area contributed by atoms with Crippen molar-refractivity contribution in [1.82, 2.24) is 10.2 Å². The normalized spacial score (nSPS) is 23.2. The van der Waals surface area contributed by atoms with Crippen molar-refractivity contribution in [2.45, 2.75) is 83.8 Å². The molecule has 2 aliphatic heterocycles. The summed E-state index contributed by atoms with van der Waals surface area (Å²) in [6.07, 6.45) is 6.99. The third-order valence-corrected chi connectivity index (χ3v) is 5.40. The van der Waals surface area contributed by atoms with Crippen molar-refractivity contribution in [3.8, 4) is 0 Å². The molecule has 0 aromatic heterocycles. The summed E-state index contributed by atoms with van der Waals surface area (Å²) in [5.41, 5.74) is 0. The number of carbonyl (C=O) groups is 2. The third kappa shape index (κ3) is 6.88. The van der Waals surface area contributed by atoms with Gasteiger partial charge in [0.05, 0.1) is 0 Å². The summed E-state index contributed by atoms with van der Waals surface area (Å²) in [6.45, 7) is 8.70. The lowest BCUT2D eigenvalue weighted by Crippen LogP contribution is -2.47. The van der Waals surface area contributed by atoms with Crippen molar-refractivity contribution in [2.75, 3.05) is 26.4 Å². The number of hydrogen-bond acceptors (Lipinski definition) is 5. The lowest BCUT2D eigenvalue weighted by Gasteiger charge is -2.34. The largest absolute Gasteiger partial charge is 0.454 e. The maximum absolute atomic E-state index is 12.5. The second-order valence-corrected chi connectivity index (χ2v) is 8.14. The van der Waals surface area contributed by atoms with Crippen LogP contribution in [-0.4, -0.2) is 61.3 Å². The monoisotopic (exact) mass is 368 g/mol. The first-order valence-electron chi connectivity index (χ1n) is 10.3. The molecule has 0 spiro atoms. The van der Waals surface area contributed by atoms with Crippen LogP contribution in [0.4, 0.5) is 0 Å². The number of esters is 1. The zero-order valence-corrected chi connectivity index (χ0v) is 16.7. The van der Waals surface area contributed by atoms with E-state index in [2.05, 4.69) is 24.1 Å². The molecular weight excluding hydrogens is 332 g/mol. The van der Waals surface area contributed by atoms with Crippen LogP contribution in [0.25, 0.3) is 0 Å². The second kappa shape index (κ2) is 10.9. The molecular formula is C20H36N2O4. The molecule has 0 aromatic rings. The Morgan fingerprint density at radius 1 is 1.15 bits per heavy atom. The van der Waals surface area contributed by atoms with E-state index in [1.54, 1.807) is 0 Å². The molecule has 26 heavy (non-hydrogen) atoms. The Balaban J connectivity index is 1.69. The first-order valence-corrected chi connectivity index (χ1v) is 10.3. The van der Waals surface area contributed by atoms with E-state index in [0.29, 0.717) is 12.0 Å². The number of ether oxygens (including phenoxy) is 2. The molecule has 0 bridgehead atoms. The second-order valence-electron chi connectivity index (χ2n) is 8.14. The van der Waals surface area contributed by atoms with Gasteiger partial charge < -0.3 is 14.8 Å². The number of amides is 1. The Morgan fingerprint density at radius 3 is 2.58 bits per heavy atom. The minimum absolute atomic E-state index is 0.116. The molecule has 2 aliphatic rings. The number of nitrogens with zero attached hydrogens (tertiary/aromatic N) is 1. The van der Waals surface area contributed by atoms with E-state index in [0.717, 1.165) is 58.3 Å². The minimum Gasteiger partial charge on any atom is -0.454 e. The molecule has 0 aromatic carbocycles. The Morgan fingerprint density at radius 2 is 1.88 bits per heavy atom. The fourth-order valence-electron chi connectivity index (χ4n) is 3.95. The van der Waals surface area contributed by atoms with Crippen LogP contribution >= 0.6 is 0 Å². The van der Waals surface area contributed by atoms with Gasteiger partial charge in [-0.15, -0.1) is 0 Å². The van der Waals surface area contributed by atoms with Gasteiger partial charge in [0, 0.05) is 25.3 Å². The van der Waals surface area contributed by atoms with Gasteiger partial charge >= 0.3 is 5.97 Å². The van der Waals surface area contributed by atoms with E-state index in [-0.39, 0.29) is 30.6 Å². The molecule has 2 saturated heterocycles. The molecule has 2 fully saturated rings. The zero-order chi connectivity index (χ0) is 18.9. The first kappa shape index (κ1) is 21.2. The van der Waals surface area contributed by atoms with Gasteiger partial charge in [0.15, 0.2) is 6.61 Å². The van der Waals surface area contributed by atoms with Crippen molar-refractivity contribution >= 4 is 11.9 Å². The third-order valence-electron chi connectivity index (χ3n) is 5.40. The zero-order valence-electron chi connectivity index (χ0n) is 16.7. The molecule has 150 valence electrons. The smallest absolute Gasteiger partial charge is 0.323 e. The summed E-state index contributed by atoms with van der Waals surface area (Å²) in [5.74, 6) is 0.228. The summed E-state index contributed by atoms with van der Waals surface area (Å²) in [4.78, 5) is 26.8. The Hall–Kier alpha value is -1.14. The van der Waals surface area contributed by atoms with Crippen LogP contribution in [0, 0.1) is 5.92 Å². The summed E-state index contributed by atoms with van der Waals surface area (Å²) in [7, 11) is 0. The SMILES string of the molecule is CC(C)CCC[C@@H](C)NC(=O)COC(=O)[C@H]1CCCN1C1CCOCC1. The van der Waals surface area contributed by atoms with Gasteiger partial charge in [-0.2, -0.15) is 0 Å². The lowest BCUT2D eigenvalue weighted by molar-refractivity contribution is -0.154. The van der Waals surface area contributed by atoms with E-state index in [4.69, 9.17) is 9.47 Å². The molecule has 0 unspecified atom stereocenters. The number of nitrogens with one attached hydrogen (secondary N) is 1. The average molecular weight is 369 g/mol. The van der Waals surface area contributed by atoms with Crippen LogP contribution < -0.4 is 5.32 Å². The number of likely N-dealkylation sites (tertiary alicyclic amines) is 1.